The molecule has 13 heteroatoms. The smallest absolute Gasteiger partial charge is 0.411 e. The summed E-state index contributed by atoms with van der Waals surface area (Å²) in [5, 5.41) is 15.3. The summed E-state index contributed by atoms with van der Waals surface area (Å²) in [6.07, 6.45) is -4.60. The number of nitrogens with one attached hydrogen (secondary N) is 1. The zero-order valence-electron chi connectivity index (χ0n) is 12.5. The van der Waals surface area contributed by atoms with E-state index in [0.717, 1.165) is 11.8 Å². The second-order valence-electron chi connectivity index (χ2n) is 4.60. The van der Waals surface area contributed by atoms with Crippen LogP contribution in [0.5, 0.6) is 0 Å². The first-order valence-electron chi connectivity index (χ1n) is 6.74. The highest BCUT2D eigenvalue weighted by Crippen LogP contribution is 2.33. The first-order valence-corrected chi connectivity index (χ1v) is 8.92. The van der Waals surface area contributed by atoms with Gasteiger partial charge in [-0.3, -0.25) is 10.1 Å². The van der Waals surface area contributed by atoms with Crippen LogP contribution < -0.4 is 5.32 Å². The Morgan fingerprint density at radius 3 is 2.69 bits per heavy atom. The number of rotatable bonds is 5. The zero-order chi connectivity index (χ0) is 18.7. The highest BCUT2D eigenvalue weighted by Gasteiger charge is 2.35. The first-order chi connectivity index (χ1) is 12.3. The molecule has 1 N–H and O–H groups in total. The van der Waals surface area contributed by atoms with Crippen LogP contribution in [0.3, 0.4) is 0 Å². The third-order valence-corrected chi connectivity index (χ3v) is 4.78. The van der Waals surface area contributed by atoms with Crippen LogP contribution >= 0.6 is 34.7 Å². The molecule has 3 rings (SSSR count). The number of amides is 1. The third kappa shape index (κ3) is 4.51. The van der Waals surface area contributed by atoms with E-state index in [4.69, 9.17) is 16.0 Å². The average molecular weight is 422 g/mol. The molecule has 136 valence electrons. The van der Waals surface area contributed by atoms with Crippen molar-refractivity contribution in [3.63, 3.8) is 0 Å². The van der Waals surface area contributed by atoms with Crippen LogP contribution in [0.1, 0.15) is 5.01 Å². The number of carbonyl (C=O) groups excluding carboxylic acids is 1. The Balaban J connectivity index is 1.57. The van der Waals surface area contributed by atoms with Gasteiger partial charge in [0.15, 0.2) is 0 Å². The molecule has 1 amide bonds. The summed E-state index contributed by atoms with van der Waals surface area (Å²) in [5.41, 5.74) is 0.548. The van der Waals surface area contributed by atoms with Gasteiger partial charge >= 0.3 is 6.18 Å². The largest absolute Gasteiger partial charge is 0.445 e. The summed E-state index contributed by atoms with van der Waals surface area (Å²) in [7, 11) is 0. The lowest BCUT2D eigenvalue weighted by atomic mass is 10.2. The molecule has 0 atom stereocenters. The number of nitrogens with zero attached hydrogens (tertiary/aromatic N) is 4. The topological polar surface area (TPSA) is 93.8 Å². The summed E-state index contributed by atoms with van der Waals surface area (Å²) in [6, 6.07) is 6.87. The molecule has 1 aromatic carbocycles. The van der Waals surface area contributed by atoms with Gasteiger partial charge in [-0.2, -0.15) is 13.2 Å². The summed E-state index contributed by atoms with van der Waals surface area (Å²) in [4.78, 5) is 11.8. The molecule has 0 aliphatic rings. The predicted molar refractivity (Wildman–Crippen MR) is 89.0 cm³/mol. The van der Waals surface area contributed by atoms with Gasteiger partial charge in [0.05, 0.1) is 16.3 Å². The van der Waals surface area contributed by atoms with E-state index in [0.29, 0.717) is 10.6 Å². The van der Waals surface area contributed by atoms with Crippen LogP contribution in [0.2, 0.25) is 5.02 Å². The fourth-order valence-electron chi connectivity index (χ4n) is 1.68. The summed E-state index contributed by atoms with van der Waals surface area (Å²) < 4.78 is 42.7. The first kappa shape index (κ1) is 18.6. The molecule has 26 heavy (non-hydrogen) atoms. The van der Waals surface area contributed by atoms with Crippen molar-refractivity contribution in [2.45, 2.75) is 11.4 Å². The highest BCUT2D eigenvalue weighted by molar-refractivity contribution is 7.99. The van der Waals surface area contributed by atoms with Gasteiger partial charge in [-0.1, -0.05) is 46.8 Å². The number of halogens is 4. The van der Waals surface area contributed by atoms with Crippen LogP contribution in [0.25, 0.3) is 11.5 Å². The molecule has 0 fully saturated rings. The zero-order valence-corrected chi connectivity index (χ0v) is 14.8. The van der Waals surface area contributed by atoms with E-state index in [1.807, 2.05) is 0 Å². The van der Waals surface area contributed by atoms with E-state index in [2.05, 4.69) is 25.7 Å². The quantitative estimate of drug-likeness (QED) is 0.622. The lowest BCUT2D eigenvalue weighted by Gasteiger charge is -1.99. The van der Waals surface area contributed by atoms with Crippen molar-refractivity contribution >= 4 is 45.7 Å². The molecule has 2 heterocycles. The minimum absolute atomic E-state index is 0.114. The molecule has 3 aromatic rings. The molecule has 0 unspecified atom stereocenters. The fraction of sp³-hybridized carbons (Fsp3) is 0.154. The second-order valence-corrected chi connectivity index (χ2v) is 6.91. The Labute approximate surface area is 157 Å². The molecular formula is C13H7ClF3N5O2S2. The number of anilines is 1. The lowest BCUT2D eigenvalue weighted by molar-refractivity contribution is -0.138. The molecule has 0 saturated heterocycles. The van der Waals surface area contributed by atoms with Gasteiger partial charge in [-0.25, -0.2) is 0 Å². The third-order valence-electron chi connectivity index (χ3n) is 2.75. The van der Waals surface area contributed by atoms with Crippen molar-refractivity contribution in [2.24, 2.45) is 0 Å². The lowest BCUT2D eigenvalue weighted by Crippen LogP contribution is -2.13. The van der Waals surface area contributed by atoms with Gasteiger partial charge in [-0.05, 0) is 12.1 Å². The Morgan fingerprint density at radius 1 is 1.23 bits per heavy atom. The van der Waals surface area contributed by atoms with Crippen molar-refractivity contribution in [3.05, 3.63) is 34.3 Å². The average Bonchev–Trinajstić information content (AvgIpc) is 3.22. The Hall–Kier alpha value is -2.18. The van der Waals surface area contributed by atoms with Crippen LogP contribution in [0.4, 0.5) is 18.3 Å². The number of aromatic nitrogens is 4. The van der Waals surface area contributed by atoms with Crippen molar-refractivity contribution < 1.29 is 22.4 Å². The standard InChI is InChI=1S/C13H7ClF3N5O2S2/c14-7-4-2-1-3-6(7)9-19-22-12(24-9)25-5-8(23)18-11-21-20-10(26-11)13(15,16)17/h1-4H,5H2,(H,18,21,23). The van der Waals surface area contributed by atoms with Crippen molar-refractivity contribution in [1.82, 2.24) is 20.4 Å². The van der Waals surface area contributed by atoms with Gasteiger partial charge < -0.3 is 4.42 Å². The van der Waals surface area contributed by atoms with Gasteiger partial charge in [0.1, 0.15) is 0 Å². The maximum Gasteiger partial charge on any atom is 0.445 e. The van der Waals surface area contributed by atoms with Crippen molar-refractivity contribution in [2.75, 3.05) is 11.1 Å². The molecule has 7 nitrogen and oxygen atoms in total. The van der Waals surface area contributed by atoms with Gasteiger partial charge in [0, 0.05) is 0 Å². The second kappa shape index (κ2) is 7.60. The van der Waals surface area contributed by atoms with E-state index in [9.17, 15) is 18.0 Å². The minimum atomic E-state index is -4.60. The molecule has 2 aromatic heterocycles. The molecule has 0 aliphatic carbocycles. The van der Waals surface area contributed by atoms with E-state index in [1.54, 1.807) is 24.3 Å². The van der Waals surface area contributed by atoms with Crippen molar-refractivity contribution in [3.8, 4) is 11.5 Å². The van der Waals surface area contributed by atoms with E-state index in [-0.39, 0.29) is 33.3 Å². The SMILES string of the molecule is O=C(CSc1nnc(-c2ccccc2Cl)o1)Nc1nnc(C(F)(F)F)s1. The number of hydrogen-bond acceptors (Lipinski definition) is 8. The van der Waals surface area contributed by atoms with Gasteiger partial charge in [0.25, 0.3) is 5.22 Å². The maximum absolute atomic E-state index is 12.4. The Kier molecular flexibility index (Phi) is 5.44. The molecule has 0 bridgehead atoms. The monoisotopic (exact) mass is 421 g/mol. The van der Waals surface area contributed by atoms with E-state index in [1.165, 1.54) is 0 Å². The maximum atomic E-state index is 12.4. The predicted octanol–water partition coefficient (Wildman–Crippen LogP) is 3.99. The number of benzene rings is 1. The number of alkyl halides is 3. The molecule has 0 spiro atoms. The number of carbonyl (C=O) groups is 1. The van der Waals surface area contributed by atoms with Crippen LogP contribution in [0.15, 0.2) is 33.9 Å². The fourth-order valence-corrected chi connectivity index (χ4v) is 3.09. The number of hydrogen-bond donors (Lipinski definition) is 1. The highest BCUT2D eigenvalue weighted by atomic mass is 35.5. The normalized spacial score (nSPS) is 11.5. The Bertz CT molecular complexity index is 930. The van der Waals surface area contributed by atoms with Crippen LogP contribution in [-0.4, -0.2) is 32.1 Å². The van der Waals surface area contributed by atoms with E-state index < -0.39 is 17.1 Å². The Morgan fingerprint density at radius 2 is 2.00 bits per heavy atom. The number of thioether (sulfide) groups is 1. The molecular weight excluding hydrogens is 415 g/mol. The van der Waals surface area contributed by atoms with Crippen LogP contribution in [0, 0.1) is 0 Å². The van der Waals surface area contributed by atoms with Gasteiger partial charge in [0.2, 0.25) is 21.9 Å². The summed E-state index contributed by atoms with van der Waals surface area (Å²) in [6.45, 7) is 0. The van der Waals surface area contributed by atoms with Crippen molar-refractivity contribution in [1.29, 1.82) is 0 Å². The van der Waals surface area contributed by atoms with E-state index >= 15 is 0 Å². The van der Waals surface area contributed by atoms with Gasteiger partial charge in [-0.15, -0.1) is 20.4 Å². The summed E-state index contributed by atoms with van der Waals surface area (Å²) in [5.74, 6) is -0.555. The van der Waals surface area contributed by atoms with Crippen LogP contribution in [-0.2, 0) is 11.0 Å². The summed E-state index contributed by atoms with van der Waals surface area (Å²) >= 11 is 7.19. The molecule has 0 aliphatic heterocycles. The minimum Gasteiger partial charge on any atom is -0.411 e. The molecule has 0 radical (unpaired) electrons. The molecule has 0 saturated carbocycles.